The van der Waals surface area contributed by atoms with Crippen molar-refractivity contribution >= 4 is 20.7 Å². The summed E-state index contributed by atoms with van der Waals surface area (Å²) in [7, 11) is -3.60. The van der Waals surface area contributed by atoms with Crippen molar-refractivity contribution in [3.63, 3.8) is 0 Å². The molecule has 4 aromatic carbocycles. The molecule has 5 aromatic rings. The molecule has 0 saturated carbocycles. The Bertz CT molecular complexity index is 1730. The monoisotopic (exact) mass is 533 g/mol. The van der Waals surface area contributed by atoms with E-state index >= 15 is 0 Å². The maximum absolute atomic E-state index is 13.6. The number of hydrogen-bond acceptors (Lipinski definition) is 4. The molecule has 0 aliphatic rings. The molecule has 38 heavy (non-hydrogen) atoms. The Hall–Kier alpha value is -4.17. The molecule has 0 atom stereocenters. The van der Waals surface area contributed by atoms with E-state index in [-0.39, 0.29) is 16.2 Å². The second-order valence-electron chi connectivity index (χ2n) is 8.87. The smallest absolute Gasteiger partial charge is 0.418 e. The lowest BCUT2D eigenvalue weighted by Crippen LogP contribution is -2.07. The molecular formula is C30H22F3NO3S. The first kappa shape index (κ1) is 25.5. The van der Waals surface area contributed by atoms with Crippen LogP contribution < -0.4 is 4.74 Å². The van der Waals surface area contributed by atoms with E-state index in [1.807, 2.05) is 6.07 Å². The normalized spacial score (nSPS) is 12.0. The summed E-state index contributed by atoms with van der Waals surface area (Å²) in [5, 5.41) is 0.381. The topological polar surface area (TPSA) is 56.3 Å². The van der Waals surface area contributed by atoms with Crippen LogP contribution in [0.25, 0.3) is 22.0 Å². The first-order chi connectivity index (χ1) is 18.1. The van der Waals surface area contributed by atoms with Crippen LogP contribution >= 0.6 is 0 Å². The number of benzene rings is 4. The number of aryl methyl sites for hydroxylation is 1. The number of alkyl halides is 3. The number of para-hydroxylation sites is 1. The summed E-state index contributed by atoms with van der Waals surface area (Å²) < 4.78 is 72.7. The molecule has 0 saturated heterocycles. The molecule has 0 N–H and O–H groups in total. The number of sulfone groups is 1. The standard InChI is InChI=1S/C30H22F3NO3S/c1-20-18-34-29-26(14-7-15-27(29)30(31,32)33)28(20)22-10-5-11-23(16-22)37-24-12-6-13-25(17-24)38(35,36)19-21-8-3-2-4-9-21/h2-18H,19H2,1H3. The predicted octanol–water partition coefficient (Wildman–Crippen LogP) is 8.00. The van der Waals surface area contributed by atoms with Crippen LogP contribution in [0.2, 0.25) is 0 Å². The maximum Gasteiger partial charge on any atom is 0.418 e. The van der Waals surface area contributed by atoms with Crippen LogP contribution in [-0.2, 0) is 21.8 Å². The number of nitrogens with zero attached hydrogens (tertiary/aromatic N) is 1. The minimum atomic E-state index is -4.53. The van der Waals surface area contributed by atoms with Gasteiger partial charge in [0.1, 0.15) is 11.5 Å². The molecule has 192 valence electrons. The van der Waals surface area contributed by atoms with Gasteiger partial charge in [-0.25, -0.2) is 8.42 Å². The van der Waals surface area contributed by atoms with Crippen LogP contribution in [0, 0.1) is 6.92 Å². The average Bonchev–Trinajstić information content (AvgIpc) is 2.88. The van der Waals surface area contributed by atoms with Crippen molar-refractivity contribution in [2.75, 3.05) is 0 Å². The van der Waals surface area contributed by atoms with Crippen molar-refractivity contribution in [1.29, 1.82) is 0 Å². The van der Waals surface area contributed by atoms with Crippen LogP contribution in [0.3, 0.4) is 0 Å². The molecule has 0 radical (unpaired) electrons. The molecule has 0 aliphatic heterocycles. The Kier molecular flexibility index (Phi) is 6.67. The van der Waals surface area contributed by atoms with Crippen molar-refractivity contribution in [3.05, 3.63) is 120 Å². The number of fused-ring (bicyclic) bond motifs is 1. The van der Waals surface area contributed by atoms with Crippen LogP contribution in [0.1, 0.15) is 16.7 Å². The van der Waals surface area contributed by atoms with E-state index in [4.69, 9.17) is 4.74 Å². The third kappa shape index (κ3) is 5.26. The van der Waals surface area contributed by atoms with E-state index in [1.54, 1.807) is 73.7 Å². The van der Waals surface area contributed by atoms with Crippen molar-refractivity contribution in [1.82, 2.24) is 4.98 Å². The number of halogens is 3. The molecule has 5 rings (SSSR count). The quantitative estimate of drug-likeness (QED) is 0.222. The fourth-order valence-corrected chi connectivity index (χ4v) is 5.77. The summed E-state index contributed by atoms with van der Waals surface area (Å²) >= 11 is 0. The van der Waals surface area contributed by atoms with Crippen LogP contribution in [-0.4, -0.2) is 13.4 Å². The van der Waals surface area contributed by atoms with Gasteiger partial charge < -0.3 is 4.74 Å². The number of aromatic nitrogens is 1. The first-order valence-corrected chi connectivity index (χ1v) is 13.4. The van der Waals surface area contributed by atoms with E-state index in [1.165, 1.54) is 24.4 Å². The summed E-state index contributed by atoms with van der Waals surface area (Å²) in [6.07, 6.45) is -3.10. The predicted molar refractivity (Wildman–Crippen MR) is 141 cm³/mol. The van der Waals surface area contributed by atoms with Gasteiger partial charge in [-0.15, -0.1) is 0 Å². The highest BCUT2D eigenvalue weighted by atomic mass is 32.2. The highest BCUT2D eigenvalue weighted by Crippen LogP contribution is 2.39. The molecule has 0 unspecified atom stereocenters. The lowest BCUT2D eigenvalue weighted by molar-refractivity contribution is -0.136. The van der Waals surface area contributed by atoms with Crippen molar-refractivity contribution in [2.24, 2.45) is 0 Å². The fraction of sp³-hybridized carbons (Fsp3) is 0.100. The molecule has 1 heterocycles. The lowest BCUT2D eigenvalue weighted by Gasteiger charge is -2.15. The Morgan fingerprint density at radius 2 is 1.50 bits per heavy atom. The molecule has 0 spiro atoms. The second-order valence-corrected chi connectivity index (χ2v) is 10.9. The Morgan fingerprint density at radius 3 is 2.24 bits per heavy atom. The summed E-state index contributed by atoms with van der Waals surface area (Å²) in [4.78, 5) is 4.21. The van der Waals surface area contributed by atoms with E-state index in [9.17, 15) is 21.6 Å². The second kappa shape index (κ2) is 9.95. The molecule has 1 aromatic heterocycles. The van der Waals surface area contributed by atoms with Gasteiger partial charge in [0.15, 0.2) is 9.84 Å². The number of pyridine rings is 1. The molecule has 8 heteroatoms. The first-order valence-electron chi connectivity index (χ1n) is 11.7. The highest BCUT2D eigenvalue weighted by molar-refractivity contribution is 7.90. The molecule has 0 fully saturated rings. The number of rotatable bonds is 6. The van der Waals surface area contributed by atoms with Gasteiger partial charge >= 0.3 is 6.18 Å². The van der Waals surface area contributed by atoms with Crippen molar-refractivity contribution in [3.8, 4) is 22.6 Å². The van der Waals surface area contributed by atoms with Gasteiger partial charge in [0.25, 0.3) is 0 Å². The minimum absolute atomic E-state index is 0.122. The van der Waals surface area contributed by atoms with Gasteiger partial charge in [0, 0.05) is 11.6 Å². The van der Waals surface area contributed by atoms with E-state index in [0.717, 1.165) is 6.07 Å². The molecule has 0 aliphatic carbocycles. The Labute approximate surface area is 218 Å². The largest absolute Gasteiger partial charge is 0.457 e. The van der Waals surface area contributed by atoms with E-state index in [2.05, 4.69) is 4.98 Å². The van der Waals surface area contributed by atoms with Gasteiger partial charge in [0.2, 0.25) is 0 Å². The average molecular weight is 534 g/mol. The summed E-state index contributed by atoms with van der Waals surface area (Å²) in [6.45, 7) is 1.79. The zero-order valence-corrected chi connectivity index (χ0v) is 21.1. The van der Waals surface area contributed by atoms with E-state index in [0.29, 0.717) is 39.1 Å². The molecule has 4 nitrogen and oxygen atoms in total. The zero-order chi connectivity index (χ0) is 26.9. The number of hydrogen-bond donors (Lipinski definition) is 0. The van der Waals surface area contributed by atoms with Gasteiger partial charge in [-0.3, -0.25) is 4.98 Å². The molecule has 0 amide bonds. The van der Waals surface area contributed by atoms with Crippen LogP contribution in [0.15, 0.2) is 108 Å². The van der Waals surface area contributed by atoms with Gasteiger partial charge in [-0.2, -0.15) is 13.2 Å². The van der Waals surface area contributed by atoms with Gasteiger partial charge in [-0.05, 0) is 65.6 Å². The summed E-state index contributed by atoms with van der Waals surface area (Å²) in [6, 6.07) is 26.1. The summed E-state index contributed by atoms with van der Waals surface area (Å²) in [5.74, 6) is 0.601. The molecular weight excluding hydrogens is 511 g/mol. The molecule has 0 bridgehead atoms. The third-order valence-corrected chi connectivity index (χ3v) is 7.80. The zero-order valence-electron chi connectivity index (χ0n) is 20.2. The van der Waals surface area contributed by atoms with Crippen LogP contribution in [0.4, 0.5) is 13.2 Å². The van der Waals surface area contributed by atoms with Crippen molar-refractivity contribution < 1.29 is 26.3 Å². The van der Waals surface area contributed by atoms with Gasteiger partial charge in [-0.1, -0.05) is 60.7 Å². The number of ether oxygens (including phenoxy) is 1. The minimum Gasteiger partial charge on any atom is -0.457 e. The Balaban J connectivity index is 1.48. The fourth-order valence-electron chi connectivity index (χ4n) is 4.39. The highest BCUT2D eigenvalue weighted by Gasteiger charge is 2.33. The van der Waals surface area contributed by atoms with E-state index < -0.39 is 21.6 Å². The van der Waals surface area contributed by atoms with Gasteiger partial charge in [0.05, 0.1) is 21.7 Å². The van der Waals surface area contributed by atoms with Crippen LogP contribution in [0.5, 0.6) is 11.5 Å². The Morgan fingerprint density at radius 1 is 0.816 bits per heavy atom. The maximum atomic E-state index is 13.6. The lowest BCUT2D eigenvalue weighted by atomic mass is 9.95. The SMILES string of the molecule is Cc1cnc2c(C(F)(F)F)cccc2c1-c1cccc(Oc2cccc(S(=O)(=O)Cc3ccccc3)c2)c1. The summed E-state index contributed by atoms with van der Waals surface area (Å²) in [5.41, 5.74) is 1.74. The third-order valence-electron chi connectivity index (χ3n) is 6.11. The van der Waals surface area contributed by atoms with Crippen molar-refractivity contribution in [2.45, 2.75) is 23.7 Å².